The first-order valence-electron chi connectivity index (χ1n) is 4.82. The molecule has 1 atom stereocenters. The third-order valence-electron chi connectivity index (χ3n) is 2.50. The maximum absolute atomic E-state index is 11.2. The quantitative estimate of drug-likeness (QED) is 0.682. The van der Waals surface area contributed by atoms with Gasteiger partial charge in [0.2, 0.25) is 11.9 Å². The summed E-state index contributed by atoms with van der Waals surface area (Å²) in [5.74, 6) is 0.193. The van der Waals surface area contributed by atoms with Crippen LogP contribution >= 0.6 is 0 Å². The van der Waals surface area contributed by atoms with Crippen LogP contribution in [0.1, 0.15) is 12.8 Å². The van der Waals surface area contributed by atoms with Crippen LogP contribution in [-0.2, 0) is 4.79 Å². The molecule has 0 spiro atoms. The van der Waals surface area contributed by atoms with E-state index < -0.39 is 0 Å². The van der Waals surface area contributed by atoms with Gasteiger partial charge in [-0.05, 0) is 12.8 Å². The Bertz CT molecular complexity index is 363. The number of nitrogens with two attached hydrogens (primary N) is 2. The molecule has 0 radical (unpaired) electrons. The highest BCUT2D eigenvalue weighted by Gasteiger charge is 2.30. The maximum Gasteiger partial charge on any atom is 0.240 e. The first-order chi connectivity index (χ1) is 7.18. The Labute approximate surface area is 87.3 Å². The molecule has 6 heteroatoms. The van der Waals surface area contributed by atoms with E-state index in [1.54, 1.807) is 0 Å². The standard InChI is InChI=1S/C9H13N5O/c10-6-4-12-9(13-5-6)14-3-1-2-7(14)8(11)15/h4-5,7H,1-3,10H2,(H2,11,15). The number of hydrogen-bond acceptors (Lipinski definition) is 5. The average molecular weight is 207 g/mol. The van der Waals surface area contributed by atoms with Gasteiger partial charge in [-0.1, -0.05) is 0 Å². The highest BCUT2D eigenvalue weighted by Crippen LogP contribution is 2.21. The van der Waals surface area contributed by atoms with Crippen molar-refractivity contribution in [3.63, 3.8) is 0 Å². The van der Waals surface area contributed by atoms with Crippen molar-refractivity contribution in [3.05, 3.63) is 12.4 Å². The monoisotopic (exact) mass is 207 g/mol. The molecule has 0 bridgehead atoms. The fourth-order valence-electron chi connectivity index (χ4n) is 1.78. The number of aromatic nitrogens is 2. The SMILES string of the molecule is NC(=O)C1CCCN1c1ncc(N)cn1. The highest BCUT2D eigenvalue weighted by atomic mass is 16.1. The molecular weight excluding hydrogens is 194 g/mol. The van der Waals surface area contributed by atoms with Gasteiger partial charge in [-0.3, -0.25) is 4.79 Å². The zero-order valence-corrected chi connectivity index (χ0v) is 8.26. The maximum atomic E-state index is 11.2. The Morgan fingerprint density at radius 3 is 2.73 bits per heavy atom. The fourth-order valence-corrected chi connectivity index (χ4v) is 1.78. The highest BCUT2D eigenvalue weighted by molar-refractivity contribution is 5.83. The summed E-state index contributed by atoms with van der Waals surface area (Å²) in [6.07, 6.45) is 4.75. The lowest BCUT2D eigenvalue weighted by Gasteiger charge is -2.21. The molecule has 1 aromatic rings. The van der Waals surface area contributed by atoms with Crippen molar-refractivity contribution in [3.8, 4) is 0 Å². The molecule has 1 saturated heterocycles. The largest absolute Gasteiger partial charge is 0.396 e. The summed E-state index contributed by atoms with van der Waals surface area (Å²) in [5.41, 5.74) is 11.3. The first kappa shape index (κ1) is 9.70. The Balaban J connectivity index is 2.22. The molecule has 1 aromatic heterocycles. The van der Waals surface area contributed by atoms with Gasteiger partial charge in [-0.25, -0.2) is 9.97 Å². The third kappa shape index (κ3) is 1.83. The predicted octanol–water partition coefficient (Wildman–Crippen LogP) is -0.487. The Hall–Kier alpha value is -1.85. The smallest absolute Gasteiger partial charge is 0.240 e. The molecule has 0 aromatic carbocycles. The summed E-state index contributed by atoms with van der Waals surface area (Å²) in [6.45, 7) is 0.761. The van der Waals surface area contributed by atoms with E-state index in [4.69, 9.17) is 11.5 Å². The number of anilines is 2. The summed E-state index contributed by atoms with van der Waals surface area (Å²) in [4.78, 5) is 21.1. The molecule has 0 saturated carbocycles. The second-order valence-corrected chi connectivity index (χ2v) is 3.57. The number of hydrogen-bond donors (Lipinski definition) is 2. The van der Waals surface area contributed by atoms with Crippen molar-refractivity contribution in [2.24, 2.45) is 5.73 Å². The minimum absolute atomic E-state index is 0.284. The van der Waals surface area contributed by atoms with Crippen LogP contribution in [0.3, 0.4) is 0 Å². The van der Waals surface area contributed by atoms with E-state index in [0.29, 0.717) is 11.6 Å². The molecule has 0 aliphatic carbocycles. The van der Waals surface area contributed by atoms with E-state index in [2.05, 4.69) is 9.97 Å². The van der Waals surface area contributed by atoms with Crippen LogP contribution in [0, 0.1) is 0 Å². The van der Waals surface area contributed by atoms with E-state index in [0.717, 1.165) is 19.4 Å². The number of rotatable bonds is 2. The topological polar surface area (TPSA) is 98.1 Å². The van der Waals surface area contributed by atoms with Gasteiger partial charge in [0, 0.05) is 6.54 Å². The number of nitrogen functional groups attached to an aromatic ring is 1. The van der Waals surface area contributed by atoms with Gasteiger partial charge in [-0.2, -0.15) is 0 Å². The number of carbonyl (C=O) groups is 1. The van der Waals surface area contributed by atoms with Crippen molar-refractivity contribution >= 4 is 17.5 Å². The van der Waals surface area contributed by atoms with E-state index >= 15 is 0 Å². The lowest BCUT2D eigenvalue weighted by Crippen LogP contribution is -2.41. The summed E-state index contributed by atoms with van der Waals surface area (Å²) in [5, 5.41) is 0. The van der Waals surface area contributed by atoms with Crippen molar-refractivity contribution in [1.82, 2.24) is 9.97 Å². The van der Waals surface area contributed by atoms with Gasteiger partial charge in [0.15, 0.2) is 0 Å². The number of carbonyl (C=O) groups excluding carboxylic acids is 1. The average Bonchev–Trinajstić information content (AvgIpc) is 2.67. The van der Waals surface area contributed by atoms with Crippen molar-refractivity contribution < 1.29 is 4.79 Å². The van der Waals surface area contributed by atoms with Crippen molar-refractivity contribution in [2.75, 3.05) is 17.2 Å². The Morgan fingerprint density at radius 1 is 1.47 bits per heavy atom. The summed E-state index contributed by atoms with van der Waals surface area (Å²) < 4.78 is 0. The summed E-state index contributed by atoms with van der Waals surface area (Å²) in [7, 11) is 0. The van der Waals surface area contributed by atoms with E-state index in [1.807, 2.05) is 4.90 Å². The molecule has 1 unspecified atom stereocenters. The van der Waals surface area contributed by atoms with Gasteiger partial charge in [-0.15, -0.1) is 0 Å². The molecule has 1 fully saturated rings. The van der Waals surface area contributed by atoms with Gasteiger partial charge >= 0.3 is 0 Å². The van der Waals surface area contributed by atoms with Gasteiger partial charge in [0.05, 0.1) is 18.1 Å². The molecule has 1 aliphatic rings. The van der Waals surface area contributed by atoms with Crippen LogP contribution in [0.4, 0.5) is 11.6 Å². The Kier molecular flexibility index (Phi) is 2.40. The Morgan fingerprint density at radius 2 is 2.13 bits per heavy atom. The lowest BCUT2D eigenvalue weighted by atomic mass is 10.2. The molecule has 2 rings (SSSR count). The first-order valence-corrected chi connectivity index (χ1v) is 4.82. The van der Waals surface area contributed by atoms with Crippen LogP contribution in [0.5, 0.6) is 0 Å². The number of primary amides is 1. The van der Waals surface area contributed by atoms with Crippen molar-refractivity contribution in [2.45, 2.75) is 18.9 Å². The fraction of sp³-hybridized carbons (Fsp3) is 0.444. The molecule has 4 N–H and O–H groups in total. The van der Waals surface area contributed by atoms with Gasteiger partial charge < -0.3 is 16.4 Å². The second-order valence-electron chi connectivity index (χ2n) is 3.57. The van der Waals surface area contributed by atoms with E-state index in [-0.39, 0.29) is 11.9 Å². The summed E-state index contributed by atoms with van der Waals surface area (Å²) >= 11 is 0. The predicted molar refractivity (Wildman–Crippen MR) is 56.0 cm³/mol. The normalized spacial score (nSPS) is 20.5. The van der Waals surface area contributed by atoms with Crippen LogP contribution in [0.15, 0.2) is 12.4 Å². The van der Waals surface area contributed by atoms with E-state index in [9.17, 15) is 4.79 Å². The summed E-state index contributed by atoms with van der Waals surface area (Å²) in [6, 6.07) is -0.284. The molecular formula is C9H13N5O. The second kappa shape index (κ2) is 3.72. The number of amides is 1. The molecule has 2 heterocycles. The molecule has 6 nitrogen and oxygen atoms in total. The van der Waals surface area contributed by atoms with Crippen LogP contribution < -0.4 is 16.4 Å². The zero-order valence-electron chi connectivity index (χ0n) is 8.26. The number of nitrogens with zero attached hydrogens (tertiary/aromatic N) is 3. The molecule has 1 aliphatic heterocycles. The van der Waals surface area contributed by atoms with Crippen LogP contribution in [0.25, 0.3) is 0 Å². The van der Waals surface area contributed by atoms with Crippen LogP contribution in [0.2, 0.25) is 0 Å². The van der Waals surface area contributed by atoms with Gasteiger partial charge in [0.25, 0.3) is 0 Å². The minimum atomic E-state index is -0.326. The van der Waals surface area contributed by atoms with Crippen molar-refractivity contribution in [1.29, 1.82) is 0 Å². The lowest BCUT2D eigenvalue weighted by molar-refractivity contribution is -0.119. The molecule has 1 amide bonds. The minimum Gasteiger partial charge on any atom is -0.396 e. The molecule has 15 heavy (non-hydrogen) atoms. The molecule has 80 valence electrons. The van der Waals surface area contributed by atoms with Gasteiger partial charge in [0.1, 0.15) is 6.04 Å². The van der Waals surface area contributed by atoms with E-state index in [1.165, 1.54) is 12.4 Å². The third-order valence-corrected chi connectivity index (χ3v) is 2.50. The zero-order chi connectivity index (χ0) is 10.8. The van der Waals surface area contributed by atoms with Crippen LogP contribution in [-0.4, -0.2) is 28.5 Å².